The summed E-state index contributed by atoms with van der Waals surface area (Å²) in [5.41, 5.74) is 0.513. The van der Waals surface area contributed by atoms with E-state index in [-0.39, 0.29) is 30.4 Å². The predicted molar refractivity (Wildman–Crippen MR) is 115 cm³/mol. The number of methoxy groups -OCH3 is 1. The summed E-state index contributed by atoms with van der Waals surface area (Å²) in [6, 6.07) is 7.45. The average molecular weight is 430 g/mol. The van der Waals surface area contributed by atoms with Crippen molar-refractivity contribution in [2.24, 2.45) is 11.8 Å². The first kappa shape index (κ1) is 21.6. The standard InChI is InChI=1S/C22H31N5O4/c1-3-13-8-6-7-11-27(13)22-25-19-18(21(30)26-22)14(12-17(28)24-19)20(29)23-15-9-4-5-10-16(15)31-2/h4-5,9-10,13-14,18-19,22,25H,3,6-8,11-12H2,1-2H3,(H,23,29)(H,24,28)(H,26,30). The molecule has 5 unspecified atom stereocenters. The number of carbonyl (C=O) groups is 3. The van der Waals surface area contributed by atoms with E-state index in [4.69, 9.17) is 4.74 Å². The normalized spacial score (nSPS) is 31.2. The number of hydrogen-bond acceptors (Lipinski definition) is 6. The molecular formula is C22H31N5O4. The van der Waals surface area contributed by atoms with Gasteiger partial charge >= 0.3 is 0 Å². The van der Waals surface area contributed by atoms with Gasteiger partial charge in [0.25, 0.3) is 0 Å². The van der Waals surface area contributed by atoms with Gasteiger partial charge in [0.2, 0.25) is 17.7 Å². The van der Waals surface area contributed by atoms with E-state index in [9.17, 15) is 14.4 Å². The largest absolute Gasteiger partial charge is 0.495 e. The first-order valence-electron chi connectivity index (χ1n) is 11.1. The lowest BCUT2D eigenvalue weighted by atomic mass is 9.81. The summed E-state index contributed by atoms with van der Waals surface area (Å²) in [6.45, 7) is 3.04. The van der Waals surface area contributed by atoms with Crippen molar-refractivity contribution in [3.63, 3.8) is 0 Å². The highest BCUT2D eigenvalue weighted by atomic mass is 16.5. The second kappa shape index (κ2) is 9.23. The molecule has 3 aliphatic heterocycles. The molecule has 0 saturated carbocycles. The van der Waals surface area contributed by atoms with Crippen LogP contribution in [0.5, 0.6) is 5.75 Å². The number of likely N-dealkylation sites (tertiary alicyclic amines) is 1. The number of rotatable bonds is 5. The van der Waals surface area contributed by atoms with Crippen molar-refractivity contribution in [3.8, 4) is 5.75 Å². The maximum absolute atomic E-state index is 13.1. The highest BCUT2D eigenvalue weighted by molar-refractivity contribution is 6.00. The van der Waals surface area contributed by atoms with E-state index in [0.717, 1.165) is 25.8 Å². The van der Waals surface area contributed by atoms with Gasteiger partial charge in [0.05, 0.1) is 30.8 Å². The van der Waals surface area contributed by atoms with Crippen molar-refractivity contribution in [2.45, 2.75) is 57.5 Å². The Morgan fingerprint density at radius 2 is 2.03 bits per heavy atom. The van der Waals surface area contributed by atoms with Crippen LogP contribution >= 0.6 is 0 Å². The Hall–Kier alpha value is -2.65. The maximum Gasteiger partial charge on any atom is 0.229 e. The molecule has 31 heavy (non-hydrogen) atoms. The van der Waals surface area contributed by atoms with Crippen LogP contribution in [-0.2, 0) is 14.4 Å². The molecule has 5 atom stereocenters. The van der Waals surface area contributed by atoms with Crippen molar-refractivity contribution in [1.82, 2.24) is 20.9 Å². The van der Waals surface area contributed by atoms with Crippen LogP contribution in [0.15, 0.2) is 24.3 Å². The molecule has 4 N–H and O–H groups in total. The van der Waals surface area contributed by atoms with E-state index in [1.807, 2.05) is 0 Å². The molecule has 4 rings (SSSR count). The second-order valence-electron chi connectivity index (χ2n) is 8.44. The zero-order valence-electron chi connectivity index (χ0n) is 18.0. The number of ether oxygens (including phenoxy) is 1. The molecule has 1 aromatic carbocycles. The van der Waals surface area contributed by atoms with E-state index < -0.39 is 18.0 Å². The fraction of sp³-hybridized carbons (Fsp3) is 0.591. The van der Waals surface area contributed by atoms with Crippen molar-refractivity contribution in [1.29, 1.82) is 0 Å². The minimum Gasteiger partial charge on any atom is -0.495 e. The van der Waals surface area contributed by atoms with E-state index >= 15 is 0 Å². The van der Waals surface area contributed by atoms with Gasteiger partial charge in [-0.3, -0.25) is 24.6 Å². The molecule has 3 heterocycles. The number of para-hydroxylation sites is 2. The van der Waals surface area contributed by atoms with Crippen LogP contribution in [0.2, 0.25) is 0 Å². The number of fused-ring (bicyclic) bond motifs is 1. The van der Waals surface area contributed by atoms with E-state index in [1.165, 1.54) is 13.5 Å². The monoisotopic (exact) mass is 429 g/mol. The Morgan fingerprint density at radius 3 is 2.81 bits per heavy atom. The van der Waals surface area contributed by atoms with Gasteiger partial charge in [-0.05, 0) is 31.4 Å². The van der Waals surface area contributed by atoms with Crippen LogP contribution in [0.25, 0.3) is 0 Å². The quantitative estimate of drug-likeness (QED) is 0.555. The summed E-state index contributed by atoms with van der Waals surface area (Å²) in [6.07, 6.45) is 3.37. The molecule has 0 spiro atoms. The Balaban J connectivity index is 1.51. The summed E-state index contributed by atoms with van der Waals surface area (Å²) in [7, 11) is 1.53. The molecule has 9 heteroatoms. The van der Waals surface area contributed by atoms with Gasteiger partial charge < -0.3 is 20.7 Å². The van der Waals surface area contributed by atoms with Gasteiger partial charge in [0, 0.05) is 19.0 Å². The van der Waals surface area contributed by atoms with Gasteiger partial charge in [-0.15, -0.1) is 0 Å². The number of carbonyl (C=O) groups excluding carboxylic acids is 3. The smallest absolute Gasteiger partial charge is 0.229 e. The number of nitrogens with one attached hydrogen (secondary N) is 4. The molecule has 1 aromatic rings. The lowest BCUT2D eigenvalue weighted by molar-refractivity contribution is -0.148. The fourth-order valence-corrected chi connectivity index (χ4v) is 5.01. The summed E-state index contributed by atoms with van der Waals surface area (Å²) < 4.78 is 5.29. The molecular weight excluding hydrogens is 398 g/mol. The minimum atomic E-state index is -0.777. The minimum absolute atomic E-state index is 0.0385. The molecule has 3 saturated heterocycles. The number of piperidine rings is 2. The number of amides is 3. The molecule has 3 fully saturated rings. The average Bonchev–Trinajstić information content (AvgIpc) is 2.78. The van der Waals surface area contributed by atoms with Crippen molar-refractivity contribution in [2.75, 3.05) is 19.0 Å². The highest BCUT2D eigenvalue weighted by Crippen LogP contribution is 2.31. The lowest BCUT2D eigenvalue weighted by Crippen LogP contribution is -2.75. The summed E-state index contributed by atoms with van der Waals surface area (Å²) in [5.74, 6) is -1.76. The van der Waals surface area contributed by atoms with Crippen LogP contribution in [-0.4, -0.2) is 54.8 Å². The first-order chi connectivity index (χ1) is 15.0. The summed E-state index contributed by atoms with van der Waals surface area (Å²) >= 11 is 0. The van der Waals surface area contributed by atoms with Crippen LogP contribution < -0.4 is 26.0 Å². The topological polar surface area (TPSA) is 112 Å². The fourth-order valence-electron chi connectivity index (χ4n) is 5.01. The highest BCUT2D eigenvalue weighted by Gasteiger charge is 2.49. The first-order valence-corrected chi connectivity index (χ1v) is 11.1. The molecule has 0 aromatic heterocycles. The zero-order chi connectivity index (χ0) is 22.0. The third-order valence-corrected chi connectivity index (χ3v) is 6.61. The molecule has 168 valence electrons. The van der Waals surface area contributed by atoms with Gasteiger partial charge in [0.15, 0.2) is 0 Å². The Morgan fingerprint density at radius 1 is 1.23 bits per heavy atom. The zero-order valence-corrected chi connectivity index (χ0v) is 18.0. The third-order valence-electron chi connectivity index (χ3n) is 6.61. The van der Waals surface area contributed by atoms with Crippen molar-refractivity contribution >= 4 is 23.4 Å². The van der Waals surface area contributed by atoms with E-state index in [2.05, 4.69) is 33.1 Å². The van der Waals surface area contributed by atoms with Crippen molar-refractivity contribution in [3.05, 3.63) is 24.3 Å². The van der Waals surface area contributed by atoms with Gasteiger partial charge in [-0.1, -0.05) is 25.5 Å². The van der Waals surface area contributed by atoms with E-state index in [0.29, 0.717) is 17.5 Å². The summed E-state index contributed by atoms with van der Waals surface area (Å²) in [5, 5.41) is 12.1. The van der Waals surface area contributed by atoms with Crippen LogP contribution in [0, 0.1) is 11.8 Å². The van der Waals surface area contributed by atoms with Crippen LogP contribution in [0.3, 0.4) is 0 Å². The summed E-state index contributed by atoms with van der Waals surface area (Å²) in [4.78, 5) is 40.9. The van der Waals surface area contributed by atoms with Gasteiger partial charge in [-0.2, -0.15) is 0 Å². The SMILES string of the molecule is CCC1CCCCN1C1NC(=O)C2C(NC(=O)CC2C(=O)Nc2ccccc2OC)N1. The lowest BCUT2D eigenvalue weighted by Gasteiger charge is -2.49. The molecule has 3 aliphatic rings. The predicted octanol–water partition coefficient (Wildman–Crippen LogP) is 0.980. The number of nitrogens with zero attached hydrogens (tertiary/aromatic N) is 1. The van der Waals surface area contributed by atoms with Gasteiger partial charge in [0.1, 0.15) is 12.0 Å². The third kappa shape index (κ3) is 4.38. The molecule has 9 nitrogen and oxygen atoms in total. The van der Waals surface area contributed by atoms with E-state index in [1.54, 1.807) is 24.3 Å². The van der Waals surface area contributed by atoms with Crippen LogP contribution in [0.4, 0.5) is 5.69 Å². The molecule has 0 bridgehead atoms. The Kier molecular flexibility index (Phi) is 6.43. The number of hydrogen-bond donors (Lipinski definition) is 4. The van der Waals surface area contributed by atoms with Crippen LogP contribution in [0.1, 0.15) is 39.0 Å². The molecule has 0 aliphatic carbocycles. The van der Waals surface area contributed by atoms with Crippen molar-refractivity contribution < 1.29 is 19.1 Å². The number of benzene rings is 1. The number of anilines is 1. The van der Waals surface area contributed by atoms with Gasteiger partial charge in [-0.25, -0.2) is 0 Å². The Bertz CT molecular complexity index is 847. The second-order valence-corrected chi connectivity index (χ2v) is 8.44. The molecule has 0 radical (unpaired) electrons. The maximum atomic E-state index is 13.1. The Labute approximate surface area is 182 Å². The molecule has 3 amide bonds.